The topological polar surface area (TPSA) is 110 Å². The van der Waals surface area contributed by atoms with Crippen LogP contribution in [-0.4, -0.2) is 28.5 Å². The quantitative estimate of drug-likeness (QED) is 0.473. The fourth-order valence-corrected chi connectivity index (χ4v) is 2.95. The standard InChI is InChI=1S/C17H20N2O5/c20-16(10-7-12-5-8-14(9-6-12)19(23)24)18-11-13-3-1-2-4-15(13)17(21)22/h5-10,13,15H,1-4,11H2,(H,18,20)(H,21,22)/b10-7+/t13-,15-/m0/s1. The molecule has 7 heteroatoms. The molecule has 1 saturated carbocycles. The maximum absolute atomic E-state index is 11.9. The highest BCUT2D eigenvalue weighted by atomic mass is 16.6. The molecule has 0 bridgehead atoms. The number of non-ortho nitro benzene ring substituents is 1. The van der Waals surface area contributed by atoms with E-state index >= 15 is 0 Å². The fraction of sp³-hybridized carbons (Fsp3) is 0.412. The highest BCUT2D eigenvalue weighted by Gasteiger charge is 2.30. The average molecular weight is 332 g/mol. The molecule has 0 aliphatic heterocycles. The van der Waals surface area contributed by atoms with Crippen molar-refractivity contribution in [2.45, 2.75) is 25.7 Å². The number of carbonyl (C=O) groups excluding carboxylic acids is 1. The third-order valence-corrected chi connectivity index (χ3v) is 4.30. The molecule has 1 aliphatic rings. The van der Waals surface area contributed by atoms with Crippen molar-refractivity contribution in [3.05, 3.63) is 46.0 Å². The highest BCUT2D eigenvalue weighted by Crippen LogP contribution is 2.29. The number of aliphatic carboxylic acids is 1. The Labute approximate surface area is 139 Å². The SMILES string of the molecule is O=C(/C=C/c1ccc([N+](=O)[O-])cc1)NC[C@@H]1CCCC[C@@H]1C(=O)O. The molecule has 0 radical (unpaired) electrons. The monoisotopic (exact) mass is 332 g/mol. The molecule has 0 unspecified atom stereocenters. The number of benzene rings is 1. The number of amides is 1. The van der Waals surface area contributed by atoms with Gasteiger partial charge in [-0.15, -0.1) is 0 Å². The minimum absolute atomic E-state index is 0.00591. The van der Waals surface area contributed by atoms with Crippen LogP contribution in [0.5, 0.6) is 0 Å². The van der Waals surface area contributed by atoms with E-state index in [1.54, 1.807) is 18.2 Å². The van der Waals surface area contributed by atoms with Crippen LogP contribution in [0, 0.1) is 22.0 Å². The first kappa shape index (κ1) is 17.7. The van der Waals surface area contributed by atoms with Gasteiger partial charge in [-0.05, 0) is 42.5 Å². The van der Waals surface area contributed by atoms with E-state index < -0.39 is 16.8 Å². The Hall–Kier alpha value is -2.70. The van der Waals surface area contributed by atoms with Crippen LogP contribution < -0.4 is 5.32 Å². The van der Waals surface area contributed by atoms with Gasteiger partial charge >= 0.3 is 5.97 Å². The molecule has 1 fully saturated rings. The normalized spacial score (nSPS) is 20.7. The molecule has 24 heavy (non-hydrogen) atoms. The maximum Gasteiger partial charge on any atom is 0.306 e. The molecule has 2 rings (SSSR count). The van der Waals surface area contributed by atoms with Crippen LogP contribution in [0.25, 0.3) is 6.08 Å². The summed E-state index contributed by atoms with van der Waals surface area (Å²) in [4.78, 5) is 33.2. The second-order valence-corrected chi connectivity index (χ2v) is 5.92. The number of nitrogens with one attached hydrogen (secondary N) is 1. The first-order valence-corrected chi connectivity index (χ1v) is 7.90. The number of rotatable bonds is 6. The number of hydrogen-bond donors (Lipinski definition) is 2. The molecule has 0 spiro atoms. The predicted molar refractivity (Wildman–Crippen MR) is 88.2 cm³/mol. The van der Waals surface area contributed by atoms with Crippen molar-refractivity contribution in [2.24, 2.45) is 11.8 Å². The van der Waals surface area contributed by atoms with Crippen LogP contribution in [0.3, 0.4) is 0 Å². The first-order chi connectivity index (χ1) is 11.5. The molecule has 2 atom stereocenters. The number of carbonyl (C=O) groups is 2. The van der Waals surface area contributed by atoms with Gasteiger partial charge in [-0.25, -0.2) is 0 Å². The van der Waals surface area contributed by atoms with Crippen LogP contribution in [0.4, 0.5) is 5.69 Å². The van der Waals surface area contributed by atoms with Crippen molar-refractivity contribution < 1.29 is 19.6 Å². The lowest BCUT2D eigenvalue weighted by molar-refractivity contribution is -0.384. The fourth-order valence-electron chi connectivity index (χ4n) is 2.95. The van der Waals surface area contributed by atoms with Crippen molar-refractivity contribution in [2.75, 3.05) is 6.54 Å². The first-order valence-electron chi connectivity index (χ1n) is 7.90. The Kier molecular flexibility index (Phi) is 6.06. The molecule has 128 valence electrons. The molecule has 0 aromatic heterocycles. The summed E-state index contributed by atoms with van der Waals surface area (Å²) in [5.41, 5.74) is 0.672. The Morgan fingerprint density at radius 1 is 1.25 bits per heavy atom. The molecule has 1 aliphatic carbocycles. The minimum Gasteiger partial charge on any atom is -0.481 e. The summed E-state index contributed by atoms with van der Waals surface area (Å²) in [5, 5.41) is 22.5. The molecule has 2 N–H and O–H groups in total. The van der Waals surface area contributed by atoms with E-state index in [2.05, 4.69) is 5.32 Å². The van der Waals surface area contributed by atoms with Gasteiger partial charge in [0.15, 0.2) is 0 Å². The summed E-state index contributed by atoms with van der Waals surface area (Å²) < 4.78 is 0. The van der Waals surface area contributed by atoms with Gasteiger partial charge in [0, 0.05) is 24.8 Å². The number of nitrogens with zero attached hydrogens (tertiary/aromatic N) is 1. The lowest BCUT2D eigenvalue weighted by Crippen LogP contribution is -2.36. The second kappa shape index (κ2) is 8.24. The number of nitro benzene ring substituents is 1. The molecule has 0 heterocycles. The minimum atomic E-state index is -0.796. The summed E-state index contributed by atoms with van der Waals surface area (Å²) in [6.07, 6.45) is 6.29. The zero-order valence-corrected chi connectivity index (χ0v) is 13.2. The third-order valence-electron chi connectivity index (χ3n) is 4.30. The van der Waals surface area contributed by atoms with Crippen molar-refractivity contribution in [1.29, 1.82) is 0 Å². The summed E-state index contributed by atoms with van der Waals surface area (Å²) >= 11 is 0. The average Bonchev–Trinajstić information content (AvgIpc) is 2.58. The van der Waals surface area contributed by atoms with Crippen molar-refractivity contribution in [3.8, 4) is 0 Å². The van der Waals surface area contributed by atoms with E-state index in [1.165, 1.54) is 18.2 Å². The molecule has 0 saturated heterocycles. The summed E-state index contributed by atoms with van der Waals surface area (Å²) in [5.74, 6) is -1.52. The van der Waals surface area contributed by atoms with E-state index in [1.807, 2.05) is 0 Å². The van der Waals surface area contributed by atoms with Gasteiger partial charge in [0.25, 0.3) is 5.69 Å². The Morgan fingerprint density at radius 2 is 1.92 bits per heavy atom. The molecule has 7 nitrogen and oxygen atoms in total. The van der Waals surface area contributed by atoms with Gasteiger partial charge < -0.3 is 10.4 Å². The number of carboxylic acid groups (broad SMARTS) is 1. The van der Waals surface area contributed by atoms with Crippen LogP contribution in [0.15, 0.2) is 30.3 Å². The van der Waals surface area contributed by atoms with E-state index in [0.717, 1.165) is 19.3 Å². The van der Waals surface area contributed by atoms with Crippen molar-refractivity contribution >= 4 is 23.6 Å². The Morgan fingerprint density at radius 3 is 2.54 bits per heavy atom. The second-order valence-electron chi connectivity index (χ2n) is 5.92. The molecule has 1 amide bonds. The van der Waals surface area contributed by atoms with Gasteiger partial charge in [-0.3, -0.25) is 19.7 Å². The van der Waals surface area contributed by atoms with Crippen molar-refractivity contribution in [3.63, 3.8) is 0 Å². The van der Waals surface area contributed by atoms with Crippen molar-refractivity contribution in [1.82, 2.24) is 5.32 Å². The lowest BCUT2D eigenvalue weighted by Gasteiger charge is -2.28. The third kappa shape index (κ3) is 4.91. The van der Waals surface area contributed by atoms with Crippen LogP contribution in [0.2, 0.25) is 0 Å². The maximum atomic E-state index is 11.9. The predicted octanol–water partition coefficient (Wildman–Crippen LogP) is 2.62. The van der Waals surface area contributed by atoms with Gasteiger partial charge in [0.05, 0.1) is 10.8 Å². The van der Waals surface area contributed by atoms with Crippen LogP contribution in [0.1, 0.15) is 31.2 Å². The number of nitro groups is 1. The molecule has 1 aromatic rings. The molecular formula is C17H20N2O5. The van der Waals surface area contributed by atoms with E-state index in [9.17, 15) is 24.8 Å². The van der Waals surface area contributed by atoms with Gasteiger partial charge in [0.1, 0.15) is 0 Å². The Bertz CT molecular complexity index is 639. The largest absolute Gasteiger partial charge is 0.481 e. The zero-order chi connectivity index (χ0) is 17.5. The van der Waals surface area contributed by atoms with E-state index in [0.29, 0.717) is 18.5 Å². The van der Waals surface area contributed by atoms with E-state index in [4.69, 9.17) is 0 Å². The smallest absolute Gasteiger partial charge is 0.306 e. The molecule has 1 aromatic carbocycles. The summed E-state index contributed by atoms with van der Waals surface area (Å²) in [6.45, 7) is 0.348. The molecular weight excluding hydrogens is 312 g/mol. The van der Waals surface area contributed by atoms with Crippen LogP contribution >= 0.6 is 0 Å². The number of carboxylic acids is 1. The van der Waals surface area contributed by atoms with Gasteiger partial charge in [-0.2, -0.15) is 0 Å². The summed E-state index contributed by atoms with van der Waals surface area (Å²) in [7, 11) is 0. The van der Waals surface area contributed by atoms with Gasteiger partial charge in [-0.1, -0.05) is 12.8 Å². The Balaban J connectivity index is 1.86. The highest BCUT2D eigenvalue weighted by molar-refractivity contribution is 5.91. The zero-order valence-electron chi connectivity index (χ0n) is 13.2. The van der Waals surface area contributed by atoms with Crippen LogP contribution in [-0.2, 0) is 9.59 Å². The number of hydrogen-bond acceptors (Lipinski definition) is 4. The van der Waals surface area contributed by atoms with E-state index in [-0.39, 0.29) is 17.5 Å². The lowest BCUT2D eigenvalue weighted by atomic mass is 9.79. The summed E-state index contributed by atoms with van der Waals surface area (Å²) in [6, 6.07) is 5.86. The van der Waals surface area contributed by atoms with Gasteiger partial charge in [0.2, 0.25) is 5.91 Å².